The quantitative estimate of drug-likeness (QED) is 0.785. The third-order valence-electron chi connectivity index (χ3n) is 2.95. The standard InChI is InChI=1S/C14H16BrNO/c1-8-5-6-9(15)13-12(8)10(17)7-11(16-13)14(2,3)4/h5-7H,1-4H3,(H,16,17). The van der Waals surface area contributed by atoms with Crippen LogP contribution in [-0.2, 0) is 5.41 Å². The number of aromatic nitrogens is 1. The van der Waals surface area contributed by atoms with E-state index in [2.05, 4.69) is 41.7 Å². The molecule has 90 valence electrons. The van der Waals surface area contributed by atoms with E-state index in [-0.39, 0.29) is 10.8 Å². The van der Waals surface area contributed by atoms with Gasteiger partial charge in [-0.1, -0.05) is 26.8 Å². The lowest BCUT2D eigenvalue weighted by atomic mass is 9.91. The van der Waals surface area contributed by atoms with E-state index < -0.39 is 0 Å². The van der Waals surface area contributed by atoms with E-state index >= 15 is 0 Å². The summed E-state index contributed by atoms with van der Waals surface area (Å²) in [7, 11) is 0. The summed E-state index contributed by atoms with van der Waals surface area (Å²) in [5.41, 5.74) is 2.88. The molecule has 2 aromatic rings. The Morgan fingerprint density at radius 2 is 1.88 bits per heavy atom. The van der Waals surface area contributed by atoms with E-state index in [1.165, 1.54) is 0 Å². The Kier molecular flexibility index (Phi) is 2.90. The molecule has 0 saturated carbocycles. The Bertz CT molecular complexity index is 635. The predicted molar refractivity (Wildman–Crippen MR) is 75.7 cm³/mol. The molecule has 2 rings (SSSR count). The summed E-state index contributed by atoms with van der Waals surface area (Å²) in [4.78, 5) is 15.5. The second-order valence-corrected chi connectivity index (χ2v) is 6.27. The lowest BCUT2D eigenvalue weighted by molar-refractivity contribution is 0.571. The van der Waals surface area contributed by atoms with Gasteiger partial charge in [-0.15, -0.1) is 0 Å². The minimum atomic E-state index is -0.0590. The van der Waals surface area contributed by atoms with E-state index in [4.69, 9.17) is 0 Å². The first-order chi connectivity index (χ1) is 7.80. The number of aryl methyl sites for hydroxylation is 1. The molecule has 0 atom stereocenters. The first-order valence-corrected chi connectivity index (χ1v) is 6.42. The van der Waals surface area contributed by atoms with E-state index in [0.29, 0.717) is 0 Å². The molecule has 1 heterocycles. The van der Waals surface area contributed by atoms with Crippen LogP contribution in [-0.4, -0.2) is 4.98 Å². The highest BCUT2D eigenvalue weighted by Gasteiger charge is 2.17. The minimum absolute atomic E-state index is 0.0590. The van der Waals surface area contributed by atoms with Crippen LogP contribution >= 0.6 is 15.9 Å². The average molecular weight is 294 g/mol. The second kappa shape index (κ2) is 3.98. The van der Waals surface area contributed by atoms with Crippen LogP contribution in [0.1, 0.15) is 32.0 Å². The number of aromatic amines is 1. The molecular formula is C14H16BrNO. The highest BCUT2D eigenvalue weighted by molar-refractivity contribution is 9.10. The maximum atomic E-state index is 12.2. The molecule has 0 aliphatic carbocycles. The Labute approximate surface area is 109 Å². The van der Waals surface area contributed by atoms with Gasteiger partial charge in [0.05, 0.1) is 5.52 Å². The van der Waals surface area contributed by atoms with Crippen molar-refractivity contribution in [2.75, 3.05) is 0 Å². The van der Waals surface area contributed by atoms with Crippen molar-refractivity contribution in [3.8, 4) is 0 Å². The van der Waals surface area contributed by atoms with Gasteiger partial charge in [0.1, 0.15) is 0 Å². The fourth-order valence-electron chi connectivity index (χ4n) is 1.90. The summed E-state index contributed by atoms with van der Waals surface area (Å²) >= 11 is 3.50. The van der Waals surface area contributed by atoms with Crippen molar-refractivity contribution in [1.82, 2.24) is 4.98 Å². The van der Waals surface area contributed by atoms with Crippen molar-refractivity contribution in [3.05, 3.63) is 44.2 Å². The maximum absolute atomic E-state index is 12.2. The highest BCUT2D eigenvalue weighted by atomic mass is 79.9. The van der Waals surface area contributed by atoms with Crippen LogP contribution in [0.25, 0.3) is 10.9 Å². The number of rotatable bonds is 0. The van der Waals surface area contributed by atoms with Crippen LogP contribution in [0.3, 0.4) is 0 Å². The summed E-state index contributed by atoms with van der Waals surface area (Å²) in [6.45, 7) is 8.23. The van der Waals surface area contributed by atoms with Crippen molar-refractivity contribution in [3.63, 3.8) is 0 Å². The van der Waals surface area contributed by atoms with Crippen molar-refractivity contribution in [2.45, 2.75) is 33.1 Å². The summed E-state index contributed by atoms with van der Waals surface area (Å²) < 4.78 is 0.932. The predicted octanol–water partition coefficient (Wildman–Crippen LogP) is 3.90. The van der Waals surface area contributed by atoms with Gasteiger partial charge >= 0.3 is 0 Å². The number of hydrogen-bond donors (Lipinski definition) is 1. The zero-order valence-electron chi connectivity index (χ0n) is 10.5. The molecule has 3 heteroatoms. The van der Waals surface area contributed by atoms with Gasteiger partial charge in [-0.25, -0.2) is 0 Å². The molecule has 0 unspecified atom stereocenters. The van der Waals surface area contributed by atoms with E-state index in [1.807, 2.05) is 19.1 Å². The van der Waals surface area contributed by atoms with E-state index in [0.717, 1.165) is 26.6 Å². The van der Waals surface area contributed by atoms with E-state index in [9.17, 15) is 4.79 Å². The number of nitrogens with one attached hydrogen (secondary N) is 1. The Morgan fingerprint density at radius 1 is 1.24 bits per heavy atom. The Morgan fingerprint density at radius 3 is 2.47 bits per heavy atom. The SMILES string of the molecule is Cc1ccc(Br)c2[nH]c(C(C)(C)C)cc(=O)c12. The number of pyridine rings is 1. The van der Waals surface area contributed by atoms with Crippen LogP contribution < -0.4 is 5.43 Å². The number of fused-ring (bicyclic) bond motifs is 1. The molecule has 2 nitrogen and oxygen atoms in total. The Hall–Kier alpha value is -1.09. The zero-order valence-corrected chi connectivity index (χ0v) is 12.1. The highest BCUT2D eigenvalue weighted by Crippen LogP contribution is 2.26. The number of halogens is 1. The summed E-state index contributed by atoms with van der Waals surface area (Å²) in [5.74, 6) is 0. The van der Waals surface area contributed by atoms with Crippen LogP contribution in [0.2, 0.25) is 0 Å². The van der Waals surface area contributed by atoms with Gasteiger partial charge in [-0.2, -0.15) is 0 Å². The molecule has 0 aliphatic rings. The van der Waals surface area contributed by atoms with Gasteiger partial charge in [0.25, 0.3) is 0 Å². The van der Waals surface area contributed by atoms with Gasteiger partial charge in [0, 0.05) is 27.0 Å². The molecule has 17 heavy (non-hydrogen) atoms. The normalized spacial score (nSPS) is 12.1. The van der Waals surface area contributed by atoms with Gasteiger partial charge in [0.15, 0.2) is 5.43 Å². The number of benzene rings is 1. The van der Waals surface area contributed by atoms with Crippen LogP contribution in [0.4, 0.5) is 0 Å². The number of H-pyrrole nitrogens is 1. The molecule has 0 saturated heterocycles. The van der Waals surface area contributed by atoms with Crippen LogP contribution in [0, 0.1) is 6.92 Å². The molecule has 1 aromatic carbocycles. The fraction of sp³-hybridized carbons (Fsp3) is 0.357. The van der Waals surface area contributed by atoms with Gasteiger partial charge in [0.2, 0.25) is 0 Å². The van der Waals surface area contributed by atoms with Crippen LogP contribution in [0.15, 0.2) is 27.5 Å². The first kappa shape index (κ1) is 12.4. The monoisotopic (exact) mass is 293 g/mol. The third-order valence-corrected chi connectivity index (χ3v) is 3.61. The maximum Gasteiger partial charge on any atom is 0.189 e. The number of hydrogen-bond acceptors (Lipinski definition) is 1. The van der Waals surface area contributed by atoms with Crippen molar-refractivity contribution < 1.29 is 0 Å². The molecule has 1 N–H and O–H groups in total. The molecule has 1 aromatic heterocycles. The molecule has 0 spiro atoms. The molecule has 0 radical (unpaired) electrons. The Balaban J connectivity index is 2.92. The van der Waals surface area contributed by atoms with Gasteiger partial charge in [-0.3, -0.25) is 4.79 Å². The topological polar surface area (TPSA) is 32.9 Å². The second-order valence-electron chi connectivity index (χ2n) is 5.41. The lowest BCUT2D eigenvalue weighted by Gasteiger charge is -2.19. The fourth-order valence-corrected chi connectivity index (χ4v) is 2.33. The lowest BCUT2D eigenvalue weighted by Crippen LogP contribution is -2.18. The van der Waals surface area contributed by atoms with Gasteiger partial charge < -0.3 is 4.98 Å². The van der Waals surface area contributed by atoms with Crippen molar-refractivity contribution >= 4 is 26.8 Å². The van der Waals surface area contributed by atoms with Crippen LogP contribution in [0.5, 0.6) is 0 Å². The van der Waals surface area contributed by atoms with Gasteiger partial charge in [-0.05, 0) is 34.5 Å². The smallest absolute Gasteiger partial charge is 0.189 e. The average Bonchev–Trinajstić information content (AvgIpc) is 2.21. The summed E-state index contributed by atoms with van der Waals surface area (Å²) in [5, 5.41) is 0.771. The minimum Gasteiger partial charge on any atom is -0.357 e. The molecular weight excluding hydrogens is 278 g/mol. The molecule has 0 bridgehead atoms. The third kappa shape index (κ3) is 2.16. The van der Waals surface area contributed by atoms with Crippen molar-refractivity contribution in [1.29, 1.82) is 0 Å². The largest absolute Gasteiger partial charge is 0.357 e. The first-order valence-electron chi connectivity index (χ1n) is 5.63. The molecule has 0 amide bonds. The van der Waals surface area contributed by atoms with Crippen molar-refractivity contribution in [2.24, 2.45) is 0 Å². The van der Waals surface area contributed by atoms with E-state index in [1.54, 1.807) is 6.07 Å². The zero-order chi connectivity index (χ0) is 12.8. The summed E-state index contributed by atoms with van der Waals surface area (Å²) in [6, 6.07) is 5.64. The molecule has 0 fully saturated rings. The summed E-state index contributed by atoms with van der Waals surface area (Å²) in [6.07, 6.45) is 0. The molecule has 0 aliphatic heterocycles.